The van der Waals surface area contributed by atoms with Crippen LogP contribution in [0.5, 0.6) is 0 Å². The standard InChI is InChI=1S/C19H21ClN2O2S/c20-16-5-3-14(4-6-16)13-21-19(24)15-7-9-22(10-8-15)18(23)12-17-2-1-11-25-17/h1-6,11,15H,7-10,12-13H2,(H,21,24). The highest BCUT2D eigenvalue weighted by atomic mass is 35.5. The molecule has 1 saturated heterocycles. The molecule has 0 aliphatic carbocycles. The van der Waals surface area contributed by atoms with Crippen molar-refractivity contribution in [2.75, 3.05) is 13.1 Å². The van der Waals surface area contributed by atoms with Crippen LogP contribution >= 0.6 is 22.9 Å². The molecule has 2 amide bonds. The second-order valence-electron chi connectivity index (χ2n) is 6.26. The van der Waals surface area contributed by atoms with E-state index in [4.69, 9.17) is 11.6 Å². The summed E-state index contributed by atoms with van der Waals surface area (Å²) < 4.78 is 0. The largest absolute Gasteiger partial charge is 0.352 e. The Morgan fingerprint density at radius 2 is 1.88 bits per heavy atom. The van der Waals surface area contributed by atoms with Crippen molar-refractivity contribution >= 4 is 34.8 Å². The summed E-state index contributed by atoms with van der Waals surface area (Å²) in [6.07, 6.45) is 1.91. The molecule has 4 nitrogen and oxygen atoms in total. The van der Waals surface area contributed by atoms with Crippen LogP contribution in [0, 0.1) is 5.92 Å². The molecule has 0 radical (unpaired) electrons. The lowest BCUT2D eigenvalue weighted by molar-refractivity contribution is -0.135. The van der Waals surface area contributed by atoms with Crippen LogP contribution in [0.25, 0.3) is 0 Å². The Kier molecular flexibility index (Phi) is 6.10. The van der Waals surface area contributed by atoms with E-state index in [0.29, 0.717) is 31.1 Å². The number of carbonyl (C=O) groups is 2. The first kappa shape index (κ1) is 18.0. The smallest absolute Gasteiger partial charge is 0.227 e. The number of halogens is 1. The predicted molar refractivity (Wildman–Crippen MR) is 101 cm³/mol. The van der Waals surface area contributed by atoms with E-state index in [0.717, 1.165) is 23.3 Å². The molecule has 1 aliphatic rings. The zero-order valence-electron chi connectivity index (χ0n) is 13.9. The average Bonchev–Trinajstić information content (AvgIpc) is 3.14. The lowest BCUT2D eigenvalue weighted by atomic mass is 9.95. The molecule has 1 N–H and O–H groups in total. The molecule has 0 spiro atoms. The van der Waals surface area contributed by atoms with E-state index in [-0.39, 0.29) is 17.7 Å². The van der Waals surface area contributed by atoms with E-state index in [2.05, 4.69) is 5.32 Å². The Bertz CT molecular complexity index is 708. The minimum atomic E-state index is -0.0157. The van der Waals surface area contributed by atoms with E-state index in [1.807, 2.05) is 46.7 Å². The van der Waals surface area contributed by atoms with Gasteiger partial charge in [-0.15, -0.1) is 11.3 Å². The normalized spacial score (nSPS) is 15.2. The number of nitrogens with zero attached hydrogens (tertiary/aromatic N) is 1. The van der Waals surface area contributed by atoms with Gasteiger partial charge in [-0.25, -0.2) is 0 Å². The van der Waals surface area contributed by atoms with Crippen LogP contribution in [0.3, 0.4) is 0 Å². The maximum absolute atomic E-state index is 12.3. The number of amides is 2. The van der Waals surface area contributed by atoms with Gasteiger partial charge in [-0.3, -0.25) is 9.59 Å². The van der Waals surface area contributed by atoms with Gasteiger partial charge in [0.05, 0.1) is 6.42 Å². The third kappa shape index (κ3) is 5.06. The van der Waals surface area contributed by atoms with Crippen LogP contribution in [-0.2, 0) is 22.6 Å². The third-order valence-electron chi connectivity index (χ3n) is 4.50. The van der Waals surface area contributed by atoms with Crippen LogP contribution in [0.1, 0.15) is 23.3 Å². The van der Waals surface area contributed by atoms with E-state index in [9.17, 15) is 9.59 Å². The molecular formula is C19H21ClN2O2S. The molecule has 0 atom stereocenters. The monoisotopic (exact) mass is 376 g/mol. The van der Waals surface area contributed by atoms with Crippen LogP contribution in [-0.4, -0.2) is 29.8 Å². The summed E-state index contributed by atoms with van der Waals surface area (Å²) in [5.74, 6) is 0.209. The zero-order chi connectivity index (χ0) is 17.6. The molecular weight excluding hydrogens is 356 g/mol. The van der Waals surface area contributed by atoms with Crippen molar-refractivity contribution in [2.24, 2.45) is 5.92 Å². The van der Waals surface area contributed by atoms with Crippen molar-refractivity contribution in [3.05, 3.63) is 57.2 Å². The number of nitrogens with one attached hydrogen (secondary N) is 1. The fourth-order valence-electron chi connectivity index (χ4n) is 3.00. The summed E-state index contributed by atoms with van der Waals surface area (Å²) in [5, 5.41) is 5.66. The summed E-state index contributed by atoms with van der Waals surface area (Å²) in [6, 6.07) is 11.4. The minimum absolute atomic E-state index is 0.0157. The van der Waals surface area contributed by atoms with Crippen molar-refractivity contribution < 1.29 is 9.59 Å². The van der Waals surface area contributed by atoms with E-state index < -0.39 is 0 Å². The van der Waals surface area contributed by atoms with E-state index in [1.54, 1.807) is 11.3 Å². The highest BCUT2D eigenvalue weighted by Crippen LogP contribution is 2.19. The van der Waals surface area contributed by atoms with Crippen LogP contribution in [0.4, 0.5) is 0 Å². The zero-order valence-corrected chi connectivity index (χ0v) is 15.5. The first-order chi connectivity index (χ1) is 12.1. The molecule has 25 heavy (non-hydrogen) atoms. The molecule has 1 fully saturated rings. The van der Waals surface area contributed by atoms with Crippen molar-refractivity contribution in [1.29, 1.82) is 0 Å². The first-order valence-corrected chi connectivity index (χ1v) is 9.70. The number of piperidine rings is 1. The van der Waals surface area contributed by atoms with E-state index >= 15 is 0 Å². The molecule has 1 aliphatic heterocycles. The van der Waals surface area contributed by atoms with Crippen molar-refractivity contribution in [2.45, 2.75) is 25.8 Å². The van der Waals surface area contributed by atoms with Crippen LogP contribution < -0.4 is 5.32 Å². The van der Waals surface area contributed by atoms with Gasteiger partial charge < -0.3 is 10.2 Å². The summed E-state index contributed by atoms with van der Waals surface area (Å²) >= 11 is 7.47. The van der Waals surface area contributed by atoms with Gasteiger partial charge >= 0.3 is 0 Å². The molecule has 3 rings (SSSR count). The van der Waals surface area contributed by atoms with Crippen LogP contribution in [0.2, 0.25) is 5.02 Å². The highest BCUT2D eigenvalue weighted by molar-refractivity contribution is 7.10. The first-order valence-electron chi connectivity index (χ1n) is 8.44. The Morgan fingerprint density at radius 1 is 1.16 bits per heavy atom. The summed E-state index contributed by atoms with van der Waals surface area (Å²) in [4.78, 5) is 27.6. The number of likely N-dealkylation sites (tertiary alicyclic amines) is 1. The molecule has 1 aromatic carbocycles. The maximum atomic E-state index is 12.3. The number of rotatable bonds is 5. The summed E-state index contributed by atoms with van der Waals surface area (Å²) in [5.41, 5.74) is 1.03. The molecule has 1 aromatic heterocycles. The predicted octanol–water partition coefficient (Wildman–Crippen LogP) is 3.50. The quantitative estimate of drug-likeness (QED) is 0.868. The van der Waals surface area contributed by atoms with Gasteiger partial charge in [0.2, 0.25) is 11.8 Å². The highest BCUT2D eigenvalue weighted by Gasteiger charge is 2.27. The van der Waals surface area contributed by atoms with Gasteiger partial charge in [-0.1, -0.05) is 29.8 Å². The molecule has 0 saturated carbocycles. The fraction of sp³-hybridized carbons (Fsp3) is 0.368. The molecule has 0 unspecified atom stereocenters. The van der Waals surface area contributed by atoms with Gasteiger partial charge in [0.15, 0.2) is 0 Å². The number of thiophene rings is 1. The lowest BCUT2D eigenvalue weighted by Crippen LogP contribution is -2.43. The van der Waals surface area contributed by atoms with Crippen molar-refractivity contribution in [3.63, 3.8) is 0 Å². The maximum Gasteiger partial charge on any atom is 0.227 e. The Balaban J connectivity index is 1.42. The molecule has 2 heterocycles. The minimum Gasteiger partial charge on any atom is -0.352 e. The van der Waals surface area contributed by atoms with Crippen molar-refractivity contribution in [3.8, 4) is 0 Å². The molecule has 2 aromatic rings. The summed E-state index contributed by atoms with van der Waals surface area (Å²) in [6.45, 7) is 1.82. The molecule has 6 heteroatoms. The molecule has 0 bridgehead atoms. The van der Waals surface area contributed by atoms with Gasteiger partial charge in [0.1, 0.15) is 0 Å². The molecule has 132 valence electrons. The number of hydrogen-bond acceptors (Lipinski definition) is 3. The second kappa shape index (κ2) is 8.50. The third-order valence-corrected chi connectivity index (χ3v) is 5.63. The van der Waals surface area contributed by atoms with Crippen LogP contribution in [0.15, 0.2) is 41.8 Å². The number of benzene rings is 1. The van der Waals surface area contributed by atoms with Gasteiger partial charge in [-0.05, 0) is 42.0 Å². The summed E-state index contributed by atoms with van der Waals surface area (Å²) in [7, 11) is 0. The fourth-order valence-corrected chi connectivity index (χ4v) is 3.82. The SMILES string of the molecule is O=C(NCc1ccc(Cl)cc1)C1CCN(C(=O)Cc2cccs2)CC1. The Labute approximate surface area is 156 Å². The Hall–Kier alpha value is -1.85. The van der Waals surface area contributed by atoms with Crippen molar-refractivity contribution in [1.82, 2.24) is 10.2 Å². The topological polar surface area (TPSA) is 49.4 Å². The number of carbonyl (C=O) groups excluding carboxylic acids is 2. The van der Waals surface area contributed by atoms with E-state index in [1.165, 1.54) is 0 Å². The average molecular weight is 377 g/mol. The Morgan fingerprint density at radius 3 is 2.52 bits per heavy atom. The number of hydrogen-bond donors (Lipinski definition) is 1. The van der Waals surface area contributed by atoms with Gasteiger partial charge in [-0.2, -0.15) is 0 Å². The second-order valence-corrected chi connectivity index (χ2v) is 7.72. The van der Waals surface area contributed by atoms with Gasteiger partial charge in [0, 0.05) is 35.5 Å². The lowest BCUT2D eigenvalue weighted by Gasteiger charge is -2.31. The van der Waals surface area contributed by atoms with Gasteiger partial charge in [0.25, 0.3) is 0 Å².